The van der Waals surface area contributed by atoms with Gasteiger partial charge in [-0.15, -0.1) is 12.3 Å². The van der Waals surface area contributed by atoms with Crippen molar-refractivity contribution >= 4 is 20.0 Å². The SMILES string of the molecule is C#CCCCS(=O)(=O)N1CCCC(S(=O)(=O)NC2CCCC2)C1. The lowest BCUT2D eigenvalue weighted by Gasteiger charge is -2.32. The van der Waals surface area contributed by atoms with E-state index in [-0.39, 0.29) is 18.3 Å². The fraction of sp³-hybridized carbons (Fsp3) is 0.867. The van der Waals surface area contributed by atoms with E-state index in [4.69, 9.17) is 6.42 Å². The molecule has 0 aromatic heterocycles. The molecule has 1 saturated carbocycles. The molecule has 8 heteroatoms. The number of sulfonamides is 2. The molecule has 1 atom stereocenters. The summed E-state index contributed by atoms with van der Waals surface area (Å²) in [5.41, 5.74) is 0. The average Bonchev–Trinajstić information content (AvgIpc) is 3.00. The Morgan fingerprint density at radius 3 is 2.43 bits per heavy atom. The molecule has 2 rings (SSSR count). The molecule has 0 bridgehead atoms. The second-order valence-corrected chi connectivity index (χ2v) is 10.5. The molecule has 0 aromatic carbocycles. The monoisotopic (exact) mass is 362 g/mol. The molecule has 1 aliphatic heterocycles. The van der Waals surface area contributed by atoms with Crippen LogP contribution in [-0.2, 0) is 20.0 Å². The van der Waals surface area contributed by atoms with Gasteiger partial charge in [-0.1, -0.05) is 12.8 Å². The molecule has 0 amide bonds. The van der Waals surface area contributed by atoms with Crippen molar-refractivity contribution in [2.24, 2.45) is 0 Å². The molecule has 132 valence electrons. The zero-order valence-corrected chi connectivity index (χ0v) is 15.0. The maximum absolute atomic E-state index is 12.5. The number of hydrogen-bond acceptors (Lipinski definition) is 4. The van der Waals surface area contributed by atoms with E-state index in [0.717, 1.165) is 25.7 Å². The largest absolute Gasteiger partial charge is 0.216 e. The van der Waals surface area contributed by atoms with Crippen LogP contribution in [0.25, 0.3) is 0 Å². The van der Waals surface area contributed by atoms with Crippen LogP contribution in [0.15, 0.2) is 0 Å². The Hall–Kier alpha value is -0.620. The molecular formula is C15H26N2O4S2. The summed E-state index contributed by atoms with van der Waals surface area (Å²) in [7, 11) is -6.90. The Kier molecular flexibility index (Phi) is 6.48. The third-order valence-corrected chi connectivity index (χ3v) is 8.43. The fourth-order valence-corrected chi connectivity index (χ4v) is 6.69. The summed E-state index contributed by atoms with van der Waals surface area (Å²) < 4.78 is 53.8. The van der Waals surface area contributed by atoms with E-state index in [1.807, 2.05) is 0 Å². The summed E-state index contributed by atoms with van der Waals surface area (Å²) in [6.07, 6.45) is 10.9. The highest BCUT2D eigenvalue weighted by Crippen LogP contribution is 2.23. The number of nitrogens with zero attached hydrogens (tertiary/aromatic N) is 1. The van der Waals surface area contributed by atoms with Gasteiger partial charge in [0.05, 0.1) is 11.0 Å². The molecule has 0 spiro atoms. The Morgan fingerprint density at radius 2 is 1.78 bits per heavy atom. The number of hydrogen-bond donors (Lipinski definition) is 1. The van der Waals surface area contributed by atoms with Crippen LogP contribution in [0.4, 0.5) is 0 Å². The Balaban J connectivity index is 1.98. The first kappa shape index (κ1) is 18.7. The van der Waals surface area contributed by atoms with E-state index in [1.165, 1.54) is 4.31 Å². The van der Waals surface area contributed by atoms with Crippen LogP contribution in [0.5, 0.6) is 0 Å². The lowest BCUT2D eigenvalue weighted by Crippen LogP contribution is -2.50. The quantitative estimate of drug-likeness (QED) is 0.542. The summed E-state index contributed by atoms with van der Waals surface area (Å²) in [4.78, 5) is 0. The van der Waals surface area contributed by atoms with E-state index in [2.05, 4.69) is 10.6 Å². The molecule has 1 aliphatic carbocycles. The van der Waals surface area contributed by atoms with Gasteiger partial charge in [-0.3, -0.25) is 0 Å². The van der Waals surface area contributed by atoms with E-state index in [1.54, 1.807) is 0 Å². The fourth-order valence-electron chi connectivity index (χ4n) is 3.27. The van der Waals surface area contributed by atoms with Crippen LogP contribution in [0.3, 0.4) is 0 Å². The van der Waals surface area contributed by atoms with E-state index in [9.17, 15) is 16.8 Å². The highest BCUT2D eigenvalue weighted by molar-refractivity contribution is 7.90. The predicted molar refractivity (Wildman–Crippen MR) is 90.8 cm³/mol. The van der Waals surface area contributed by atoms with Gasteiger partial charge in [0.15, 0.2) is 0 Å². The lowest BCUT2D eigenvalue weighted by molar-refractivity contribution is 0.343. The van der Waals surface area contributed by atoms with Crippen LogP contribution in [-0.4, -0.2) is 51.3 Å². The van der Waals surface area contributed by atoms with Gasteiger partial charge >= 0.3 is 0 Å². The van der Waals surface area contributed by atoms with Crippen molar-refractivity contribution in [3.63, 3.8) is 0 Å². The molecule has 0 aromatic rings. The van der Waals surface area contributed by atoms with Crippen molar-refractivity contribution in [3.05, 3.63) is 0 Å². The molecule has 1 saturated heterocycles. The van der Waals surface area contributed by atoms with E-state index in [0.29, 0.717) is 32.2 Å². The lowest BCUT2D eigenvalue weighted by atomic mass is 10.2. The second-order valence-electron chi connectivity index (χ2n) is 6.39. The first-order chi connectivity index (χ1) is 10.8. The van der Waals surface area contributed by atoms with Crippen molar-refractivity contribution in [1.82, 2.24) is 9.03 Å². The number of piperidine rings is 1. The maximum atomic E-state index is 12.5. The van der Waals surface area contributed by atoms with Crippen LogP contribution < -0.4 is 4.72 Å². The summed E-state index contributed by atoms with van der Waals surface area (Å²) in [6, 6.07) is 0.0163. The highest BCUT2D eigenvalue weighted by atomic mass is 32.2. The molecule has 2 aliphatic rings. The summed E-state index contributed by atoms with van der Waals surface area (Å²) >= 11 is 0. The number of unbranched alkanes of at least 4 members (excludes halogenated alkanes) is 1. The van der Waals surface area contributed by atoms with Gasteiger partial charge in [0.25, 0.3) is 0 Å². The highest BCUT2D eigenvalue weighted by Gasteiger charge is 2.36. The second kappa shape index (κ2) is 7.97. The van der Waals surface area contributed by atoms with Crippen LogP contribution >= 0.6 is 0 Å². The zero-order chi connectivity index (χ0) is 16.9. The minimum atomic E-state index is -3.47. The molecule has 0 radical (unpaired) electrons. The van der Waals surface area contributed by atoms with E-state index >= 15 is 0 Å². The van der Waals surface area contributed by atoms with Crippen molar-refractivity contribution in [2.45, 2.75) is 62.7 Å². The number of terminal acetylenes is 1. The van der Waals surface area contributed by atoms with Crippen molar-refractivity contribution in [1.29, 1.82) is 0 Å². The Morgan fingerprint density at radius 1 is 1.09 bits per heavy atom. The van der Waals surface area contributed by atoms with E-state index < -0.39 is 25.3 Å². The van der Waals surface area contributed by atoms with Crippen molar-refractivity contribution < 1.29 is 16.8 Å². The molecule has 2 fully saturated rings. The van der Waals surface area contributed by atoms with Gasteiger partial charge < -0.3 is 0 Å². The molecule has 1 unspecified atom stereocenters. The Bertz CT molecular complexity index is 631. The first-order valence-electron chi connectivity index (χ1n) is 8.27. The molecule has 23 heavy (non-hydrogen) atoms. The normalized spacial score (nSPS) is 24.6. The minimum Gasteiger partial charge on any atom is -0.212 e. The smallest absolute Gasteiger partial charge is 0.212 e. The van der Waals surface area contributed by atoms with Crippen molar-refractivity contribution in [3.8, 4) is 12.3 Å². The molecule has 1 N–H and O–H groups in total. The summed E-state index contributed by atoms with van der Waals surface area (Å²) in [5, 5.41) is -0.653. The standard InChI is InChI=1S/C15H26N2O4S2/c1-2-3-6-12-22(18,19)17-11-7-10-15(13-17)23(20,21)16-14-8-4-5-9-14/h1,14-16H,3-13H2. The van der Waals surface area contributed by atoms with Crippen LogP contribution in [0.1, 0.15) is 51.4 Å². The summed E-state index contributed by atoms with van der Waals surface area (Å²) in [6.45, 7) is 0.453. The number of nitrogens with one attached hydrogen (secondary N) is 1. The van der Waals surface area contributed by atoms with Gasteiger partial charge in [-0.05, 0) is 32.1 Å². The van der Waals surface area contributed by atoms with Gasteiger partial charge in [-0.2, -0.15) is 0 Å². The predicted octanol–water partition coefficient (Wildman–Crippen LogP) is 1.06. The Labute approximate surface area is 140 Å². The molecule has 1 heterocycles. The summed E-state index contributed by atoms with van der Waals surface area (Å²) in [5.74, 6) is 2.41. The van der Waals surface area contributed by atoms with Gasteiger partial charge in [0.1, 0.15) is 0 Å². The van der Waals surface area contributed by atoms with Gasteiger partial charge in [0, 0.05) is 25.6 Å². The molecule has 6 nitrogen and oxygen atoms in total. The van der Waals surface area contributed by atoms with Crippen molar-refractivity contribution in [2.75, 3.05) is 18.8 Å². The van der Waals surface area contributed by atoms with Crippen LogP contribution in [0, 0.1) is 12.3 Å². The van der Waals surface area contributed by atoms with Gasteiger partial charge in [0.2, 0.25) is 20.0 Å². The van der Waals surface area contributed by atoms with Crippen LogP contribution in [0.2, 0.25) is 0 Å². The first-order valence-corrected chi connectivity index (χ1v) is 11.4. The molecular weight excluding hydrogens is 336 g/mol. The third-order valence-electron chi connectivity index (χ3n) is 4.58. The van der Waals surface area contributed by atoms with Gasteiger partial charge in [-0.25, -0.2) is 25.9 Å². The maximum Gasteiger partial charge on any atom is 0.216 e. The third kappa shape index (κ3) is 5.18. The average molecular weight is 363 g/mol. The topological polar surface area (TPSA) is 83.6 Å². The minimum absolute atomic E-state index is 0.0139. The zero-order valence-electron chi connectivity index (χ0n) is 13.4. The number of rotatable bonds is 7.